The Kier molecular flexibility index (Phi) is 244. The molecule has 1 aromatic carbocycles. The van der Waals surface area contributed by atoms with Crippen molar-refractivity contribution >= 4 is 125 Å². The van der Waals surface area contributed by atoms with Crippen LogP contribution in [-0.4, -0.2) is 249 Å². The Morgan fingerprint density at radius 2 is 0.814 bits per heavy atom. The number of aliphatic carboxylic acids is 13. The standard InChI is InChI=1S/C9H14O5.C8H10.C6H12O7.C6H8O6.C4H6O6.C4H6O5.C3H4O4.C3H6O3.C2H2O4.19CH4.2CH3.HI.HNO3.HO3P.HO2P/c10-4-7(12)5-2-1-3-6(11)9(14)8(5)13;1-7-3-5-8(2)6-4-7;7-1-2(8)3(9)4(10)5(11)6(12)13;7-4(8)1-3(6(11)12)2-5(9)10;5-1(3(7)8)2(6)4(9)10;5-2(4(8)9)1-3(6)7;4-2(5)1-3(6)7;1-2(4)3(5)6;3-1(4)2(5)6;;;;;;;;;;;;;;;;;;;;;;;2-1-4-3;1-3-4-2;1-3-2/h5,7,10,12-14H,1-4H2;3-6H,1-2H3;2-5,7-11H,1H2,(H,12,13);3H,1-2H2,(H,7,8)(H,9,10)(H,11,12);1-2,5-6H,(H,7,8)(H,9,10);2,5H,1H2,(H,6,7)(H,8,9);1H2,(H,4,5)(H,6,7);2,4H,1H3,(H,5,6);(H,3,4)(H,5,6);19*1H4;2*1H3;1H;3H;1H;(H,1,2)/q;;;;;;;;;;;;;;;;;;;;;;;;;;;;2*-1;;;;/p-10. The van der Waals surface area contributed by atoms with Crippen LogP contribution in [-0.2, 0) is 85.9 Å². The Morgan fingerprint density at radius 1 is 0.508 bits per heavy atom. The van der Waals surface area contributed by atoms with Crippen molar-refractivity contribution in [2.45, 2.75) is 262 Å². The number of Topliss-reactive ketones (excluding diaryl/α,β-unsaturated/α-hetero) is 1. The van der Waals surface area contributed by atoms with Gasteiger partial charge in [0.05, 0.1) is 89.1 Å². The van der Waals surface area contributed by atoms with Gasteiger partial charge in [-0.2, -0.15) is 0 Å². The van der Waals surface area contributed by atoms with Crippen molar-refractivity contribution in [1.29, 1.82) is 0 Å². The predicted octanol–water partition coefficient (Wildman–Crippen LogP) is -4.32. The lowest BCUT2D eigenvalue weighted by Gasteiger charge is -2.25. The minimum Gasteiger partial charge on any atom is -0.772 e. The van der Waals surface area contributed by atoms with Gasteiger partial charge in [0, 0.05) is 24.7 Å². The second-order valence-corrected chi connectivity index (χ2v) is 16.6. The van der Waals surface area contributed by atoms with Gasteiger partial charge in [-0.25, -0.2) is 14.2 Å². The lowest BCUT2D eigenvalue weighted by atomic mass is 9.96. The maximum atomic E-state index is 11.1. The Morgan fingerprint density at radius 3 is 0.975 bits per heavy atom. The van der Waals surface area contributed by atoms with E-state index in [0.717, 1.165) is 6.92 Å². The summed E-state index contributed by atoms with van der Waals surface area (Å²) in [5.74, 6) is -25.5. The molecule has 0 radical (unpaired) electrons. The summed E-state index contributed by atoms with van der Waals surface area (Å²) >= 11 is 0. The number of hydrogen-bond donors (Lipinski definition) is 19. The zero-order valence-electron chi connectivity index (χ0n) is 51.1. The fourth-order valence-electron chi connectivity index (χ4n) is 4.15. The number of ketones is 1. The molecule has 1 aliphatic rings. The molecule has 0 heterocycles. The zero-order valence-corrected chi connectivity index (χ0v) is 55.2. The highest BCUT2D eigenvalue weighted by Crippen LogP contribution is 2.27. The highest BCUT2D eigenvalue weighted by Gasteiger charge is 2.32. The molecule has 52 heteroatoms. The van der Waals surface area contributed by atoms with Crippen LogP contribution in [0.1, 0.15) is 204 Å². The number of halogens is 1. The molecule has 0 spiro atoms. The van der Waals surface area contributed by atoms with Gasteiger partial charge in [0.15, 0.2) is 17.8 Å². The number of aryl methyl sites for hydroxylation is 2. The summed E-state index contributed by atoms with van der Waals surface area (Å²) in [4.78, 5) is 155. The van der Waals surface area contributed by atoms with E-state index in [-0.39, 0.29) is 186 Å². The Bertz CT molecular complexity index is 2470. The largest absolute Gasteiger partial charge is 0.772 e. The van der Waals surface area contributed by atoms with E-state index < -0.39 is 218 Å². The van der Waals surface area contributed by atoms with E-state index in [9.17, 15) is 103 Å². The van der Waals surface area contributed by atoms with Crippen LogP contribution in [0.5, 0.6) is 0 Å². The third-order valence-electron chi connectivity index (χ3n) is 8.63. The van der Waals surface area contributed by atoms with E-state index in [2.05, 4.69) is 47.8 Å². The molecule has 11 unspecified atom stereocenters. The van der Waals surface area contributed by atoms with Gasteiger partial charge < -0.3 is 206 Å². The first-order chi connectivity index (χ1) is 43.9. The first-order valence-electron chi connectivity index (χ1n) is 23.9. The zero-order chi connectivity index (χ0) is 78.5. The van der Waals surface area contributed by atoms with Gasteiger partial charge in [0.2, 0.25) is 5.78 Å². The summed E-state index contributed by atoms with van der Waals surface area (Å²) in [5.41, 5.74) is 2.66. The number of aliphatic hydroxyl groups excluding tert-OH is 13. The molecule has 19 N–H and O–H groups in total. The predicted molar refractivity (Wildman–Crippen MR) is 427 cm³/mol. The molecule has 0 saturated heterocycles. The van der Waals surface area contributed by atoms with E-state index >= 15 is 0 Å². The minimum absolute atomic E-state index is 0. The second-order valence-electron chi connectivity index (χ2n) is 16.1. The van der Waals surface area contributed by atoms with Crippen LogP contribution in [0.25, 0.3) is 0 Å². The van der Waals surface area contributed by atoms with E-state index in [0.29, 0.717) is 12.8 Å². The molecule has 2 rings (SSSR count). The SMILES string of the molecule is C.C.C.C.C.C.C.C.C.C.C.C.C.C.C.C.C.C.C.CC(O)C(=O)[O-].Cc1ccc(C)cc1.I.O=C(O)CC(O)C(=O)[O-].O=C([O-])C(=O)O.O=C([O-])C(O)C(O)C(=O)O.O=C([O-])C(O)C(O)C(O)C(O)CO.O=C([O-])CC(=O)O.O=C([O-])CC(CC(=O)O)C(=O)O.O=C1CCCC(C(O)CO)C(O)=C1O.O=NO[O-].O=PO[O-].O=P[O-].[CH3-].[CH3-]. The number of carbonyl (C=O) groups excluding carboxylic acids is 8. The van der Waals surface area contributed by atoms with Gasteiger partial charge in [0.1, 0.15) is 47.7 Å². The van der Waals surface area contributed by atoms with Gasteiger partial charge >= 0.3 is 44.5 Å². The van der Waals surface area contributed by atoms with E-state index in [4.69, 9.17) is 126 Å². The van der Waals surface area contributed by atoms with Crippen LogP contribution in [0.4, 0.5) is 0 Å². The monoisotopic (exact) mass is 1910 g/mol. The van der Waals surface area contributed by atoms with Crippen LogP contribution in [0.3, 0.4) is 0 Å². The summed E-state index contributed by atoms with van der Waals surface area (Å²) in [6.45, 7) is 3.96. The molecule has 118 heavy (non-hydrogen) atoms. The Balaban J connectivity index is -0.0000000228. The fraction of sp³-hybridized carbons (Fsp3) is 0.636. The topological polar surface area (TPSA) is 936 Å². The number of carboxylic acid groups (broad SMARTS) is 13. The van der Waals surface area contributed by atoms with Gasteiger partial charge in [0.25, 0.3) is 0 Å². The number of allylic oxidation sites excluding steroid dienone is 1. The molecule has 0 bridgehead atoms. The number of aliphatic hydroxyl groups is 13. The fourth-order valence-corrected chi connectivity index (χ4v) is 4.15. The molecule has 0 aromatic heterocycles. The Hall–Kier alpha value is -8.93. The highest BCUT2D eigenvalue weighted by molar-refractivity contribution is 14.0. The number of benzene rings is 1. The molecule has 1 aromatic rings. The number of carboxylic acids is 13. The highest BCUT2D eigenvalue weighted by atomic mass is 127. The van der Waals surface area contributed by atoms with Crippen molar-refractivity contribution in [2.75, 3.05) is 13.2 Å². The second kappa shape index (κ2) is 134. The molecular weight excluding hydrogens is 1760 g/mol. The maximum absolute atomic E-state index is 11.1. The molecule has 49 nitrogen and oxygen atoms in total. The lowest BCUT2D eigenvalue weighted by Crippen LogP contribution is -2.52. The molecule has 0 amide bonds. The van der Waals surface area contributed by atoms with Crippen molar-refractivity contribution in [3.05, 3.63) is 66.7 Å². The molecule has 0 aliphatic heterocycles. The summed E-state index contributed by atoms with van der Waals surface area (Å²) in [6.07, 6.45) is -19.4. The number of carbonyl (C=O) groups is 14. The van der Waals surface area contributed by atoms with Gasteiger partial charge in [-0.05, 0) is 33.6 Å². The van der Waals surface area contributed by atoms with E-state index in [1.165, 1.54) is 16.5 Å². The van der Waals surface area contributed by atoms with Crippen LogP contribution in [0.2, 0.25) is 0 Å². The molecule has 1 aliphatic carbocycles. The summed E-state index contributed by atoms with van der Waals surface area (Å²) < 4.78 is 19.8. The first kappa shape index (κ1) is 214. The van der Waals surface area contributed by atoms with E-state index in [1.54, 1.807) is 0 Å². The van der Waals surface area contributed by atoms with Crippen LogP contribution in [0.15, 0.2) is 41.1 Å². The average molecular weight is 1910 g/mol. The smallest absolute Gasteiger partial charge is 0.351 e. The number of nitrogens with zero attached hydrogens (tertiary/aromatic N) is 1. The summed E-state index contributed by atoms with van der Waals surface area (Å²) in [6, 6.07) is 8.48. The molecule has 730 valence electrons. The third-order valence-corrected chi connectivity index (χ3v) is 8.69. The van der Waals surface area contributed by atoms with Crippen molar-refractivity contribution in [1.82, 2.24) is 0 Å². The molecule has 0 fully saturated rings. The number of hydrogen-bond acceptors (Lipinski definition) is 43. The van der Waals surface area contributed by atoms with Crippen molar-refractivity contribution in [3.8, 4) is 0 Å². The molecule has 11 atom stereocenters. The Labute approximate surface area is 714 Å². The maximum Gasteiger partial charge on any atom is 0.351 e. The van der Waals surface area contributed by atoms with Crippen LogP contribution >= 0.6 is 41.4 Å². The van der Waals surface area contributed by atoms with Crippen LogP contribution < -0.4 is 51.2 Å². The van der Waals surface area contributed by atoms with E-state index in [1.807, 2.05) is 0 Å². The van der Waals surface area contributed by atoms with Gasteiger partial charge in [-0.3, -0.25) is 28.5 Å². The van der Waals surface area contributed by atoms with Crippen molar-refractivity contribution in [2.24, 2.45) is 17.2 Å². The number of rotatable bonds is 23. The van der Waals surface area contributed by atoms with Gasteiger partial charge in [-0.15, -0.1) is 28.9 Å². The van der Waals surface area contributed by atoms with Crippen molar-refractivity contribution in [3.63, 3.8) is 0 Å². The minimum atomic E-state index is -2.38. The molecular formula is C66H144INO48P2-12. The van der Waals surface area contributed by atoms with Gasteiger partial charge in [-0.1, -0.05) is 176 Å². The van der Waals surface area contributed by atoms with Crippen LogP contribution in [0, 0.1) is 45.4 Å². The first-order valence-corrected chi connectivity index (χ1v) is 25.3. The summed E-state index contributed by atoms with van der Waals surface area (Å²) in [7, 11) is -1.89. The average Bonchev–Trinajstić information content (AvgIpc) is 1.69. The molecule has 0 saturated carbocycles. The quantitative estimate of drug-likeness (QED) is 0.00720. The van der Waals surface area contributed by atoms with Crippen molar-refractivity contribution < 1.29 is 234 Å². The normalized spacial score (nSPS) is 11.7. The lowest BCUT2D eigenvalue weighted by molar-refractivity contribution is -0.692. The third kappa shape index (κ3) is 152. The summed E-state index contributed by atoms with van der Waals surface area (Å²) in [5, 5.41) is 245.